The van der Waals surface area contributed by atoms with Crippen LogP contribution in [0, 0.1) is 80.7 Å². The van der Waals surface area contributed by atoms with Crippen LogP contribution >= 0.6 is 144 Å². The molecule has 0 aliphatic rings. The fraction of sp³-hybridized carbons (Fsp3) is 0.0784. The first-order valence-corrected chi connectivity index (χ1v) is 45.3. The maximum Gasteiger partial charge on any atom is 0.123 e. The number of hydrogen-bond acceptors (Lipinski definition) is 19. The van der Waals surface area contributed by atoms with Gasteiger partial charge in [0.15, 0.2) is 0 Å². The van der Waals surface area contributed by atoms with E-state index in [-0.39, 0.29) is 37.3 Å². The predicted molar refractivity (Wildman–Crippen MR) is 537 cm³/mol. The fourth-order valence-electron chi connectivity index (χ4n) is 11.2. The minimum atomic E-state index is -0.348. The lowest BCUT2D eigenvalue weighted by atomic mass is 10.0. The van der Waals surface area contributed by atoms with E-state index in [0.717, 1.165) is 100 Å². The molecule has 14 aromatic rings. The highest BCUT2D eigenvalue weighted by atomic mass is 32.2. The van der Waals surface area contributed by atoms with Crippen molar-refractivity contribution in [1.82, 2.24) is 0 Å². The van der Waals surface area contributed by atoms with Crippen LogP contribution < -0.4 is 4.74 Å². The van der Waals surface area contributed by atoms with Crippen molar-refractivity contribution in [2.45, 2.75) is 38.4 Å². The molecule has 0 radical (unpaired) electrons. The third kappa shape index (κ3) is 30.7. The van der Waals surface area contributed by atoms with Gasteiger partial charge >= 0.3 is 0 Å². The van der Waals surface area contributed by atoms with Crippen LogP contribution in [0.5, 0.6) is 5.75 Å². The third-order valence-corrected chi connectivity index (χ3v) is 27.1. The molecule has 0 aliphatic carbocycles. The SMILES string of the molecule is COc1ccc(C(=S)SC(C#N)c2ccccc2)cc1.Cc1ccc(C(=S)SC(C#N)c2ccccc2)cc1.N#CC(SC(=S)c1ccc(-c2ccccc2)cc1)c1ccccc1.N#CC(SC(=S)c1ccc(F)cc1)c1ccccc1.N#CC(SC(=S)c1ccc2ccccc2c1)c1ccccc1.N#CC(SC(=S)c1ccccc1)c1ccccc1. The Morgan fingerprint density at radius 3 is 0.770 bits per heavy atom. The quantitative estimate of drug-likeness (QED) is 0.0665. The van der Waals surface area contributed by atoms with Gasteiger partial charge in [-0.15, -0.1) is 0 Å². The molecule has 0 aromatic heterocycles. The summed E-state index contributed by atoms with van der Waals surface area (Å²) in [4.78, 5) is 0. The molecule has 122 heavy (non-hydrogen) atoms. The molecule has 14 aromatic carbocycles. The summed E-state index contributed by atoms with van der Waals surface area (Å²) >= 11 is 41.0. The van der Waals surface area contributed by atoms with E-state index in [2.05, 4.69) is 84.9 Å². The second-order valence-electron chi connectivity index (χ2n) is 25.9. The van der Waals surface area contributed by atoms with Gasteiger partial charge in [0.2, 0.25) is 0 Å². The number of rotatable bonds is 20. The molecule has 0 spiro atoms. The Hall–Kier alpha value is -11.4. The molecule has 0 heterocycles. The molecule has 0 bridgehead atoms. The van der Waals surface area contributed by atoms with Crippen molar-refractivity contribution in [3.05, 3.63) is 460 Å². The molecule has 0 fully saturated rings. The summed E-state index contributed by atoms with van der Waals surface area (Å²) in [6.07, 6.45) is 0. The Morgan fingerprint density at radius 1 is 0.254 bits per heavy atom. The Bertz CT molecular complexity index is 5880. The predicted octanol–water partition coefficient (Wildman–Crippen LogP) is 29.4. The Kier molecular flexibility index (Phi) is 40.3. The summed E-state index contributed by atoms with van der Waals surface area (Å²) < 4.78 is 22.3. The van der Waals surface area contributed by atoms with E-state index in [1.54, 1.807) is 19.2 Å². The third-order valence-electron chi connectivity index (χ3n) is 17.6. The average molecular weight is 1800 g/mol. The lowest BCUT2D eigenvalue weighted by Gasteiger charge is -2.11. The first kappa shape index (κ1) is 94.5. The molecule has 6 unspecified atom stereocenters. The van der Waals surface area contributed by atoms with Crippen LogP contribution in [0.3, 0.4) is 0 Å². The van der Waals surface area contributed by atoms with Crippen molar-refractivity contribution in [3.63, 3.8) is 0 Å². The van der Waals surface area contributed by atoms with Gasteiger partial charge in [0, 0.05) is 0 Å². The molecular weight excluding hydrogens is 1730 g/mol. The number of nitriles is 6. The van der Waals surface area contributed by atoms with E-state index in [4.69, 9.17) is 78.0 Å². The summed E-state index contributed by atoms with van der Waals surface area (Å²) in [6, 6.07) is 136. The van der Waals surface area contributed by atoms with Crippen molar-refractivity contribution in [2.24, 2.45) is 0 Å². The normalized spacial score (nSPS) is 11.5. The van der Waals surface area contributed by atoms with Gasteiger partial charge in [-0.05, 0) is 138 Å². The molecule has 6 atom stereocenters. The maximum atomic E-state index is 12.8. The van der Waals surface area contributed by atoms with Crippen molar-refractivity contribution >= 4 is 180 Å². The van der Waals surface area contributed by atoms with E-state index < -0.39 is 0 Å². The molecule has 20 heteroatoms. The van der Waals surface area contributed by atoms with E-state index in [1.807, 2.05) is 316 Å². The Labute approximate surface area is 772 Å². The number of thiocarbonyl (C=S) groups is 6. The van der Waals surface area contributed by atoms with Gasteiger partial charge in [-0.2, -0.15) is 31.6 Å². The molecule has 0 N–H and O–H groups in total. The van der Waals surface area contributed by atoms with Crippen molar-refractivity contribution in [1.29, 1.82) is 31.6 Å². The van der Waals surface area contributed by atoms with Gasteiger partial charge in [-0.25, -0.2) is 4.39 Å². The largest absolute Gasteiger partial charge is 0.497 e. The first-order chi connectivity index (χ1) is 59.5. The number of ether oxygens (including phenoxy) is 1. The number of thioether (sulfide) groups is 6. The molecule has 0 saturated carbocycles. The standard InChI is InChI=1S/C21H15NS2.C19H13NS2.C16H13NOS2.C16H13NS2.C15H10FNS2.C15H11NS2/c22-15-20(18-9-5-2-6-10-18)24-21(23)19-13-11-17(12-14-19)16-7-3-1-4-8-16;20-13-18(15-7-2-1-3-8-15)22-19(21)17-11-10-14-6-4-5-9-16(14)12-17;1-18-14-9-7-13(8-10-14)16(19)20-15(11-17)12-5-3-2-4-6-12;1-12-7-9-14(10-8-12)16(18)19-15(11-17)13-5-3-2-4-6-13;16-13-8-6-12(7-9-13)15(18)19-14(10-17)11-4-2-1-3-5-11;16-11-14(12-7-3-1-4-8-12)18-15(17)13-9-5-2-6-10-13/h1-14,20H;1-12,18H;2-10,15H,1H3;2-10,15H,1H3;1-9,14H;1-10,14H. The minimum Gasteiger partial charge on any atom is -0.497 e. The summed E-state index contributed by atoms with van der Waals surface area (Å²) in [5, 5.41) is 56.6. The number of fused-ring (bicyclic) bond motifs is 1. The highest BCUT2D eigenvalue weighted by Gasteiger charge is 2.21. The fourth-order valence-corrected chi connectivity index (χ4v) is 18.7. The van der Waals surface area contributed by atoms with Crippen molar-refractivity contribution in [3.8, 4) is 53.3 Å². The molecule has 7 nitrogen and oxygen atoms in total. The zero-order valence-corrected chi connectivity index (χ0v) is 75.5. The monoisotopic (exact) mass is 1800 g/mol. The molecular formula is C102H75FN6OS12. The first-order valence-electron chi connectivity index (χ1n) is 37.6. The van der Waals surface area contributed by atoms with Crippen molar-refractivity contribution < 1.29 is 9.13 Å². The zero-order valence-electron chi connectivity index (χ0n) is 65.7. The van der Waals surface area contributed by atoms with Gasteiger partial charge in [0.1, 0.15) is 43.1 Å². The lowest BCUT2D eigenvalue weighted by Crippen LogP contribution is -1.98. The Morgan fingerprint density at radius 2 is 0.475 bits per heavy atom. The van der Waals surface area contributed by atoms with E-state index in [9.17, 15) is 36.0 Å². The summed E-state index contributed by atoms with van der Waals surface area (Å²) in [5.41, 5.74) is 15.0. The number of nitrogens with zero attached hydrogens (tertiary/aromatic N) is 6. The molecule has 0 aliphatic heterocycles. The van der Waals surface area contributed by atoms with Crippen LogP contribution in [0.4, 0.5) is 4.39 Å². The van der Waals surface area contributed by atoms with Gasteiger partial charge in [0.05, 0.1) is 68.7 Å². The average Bonchev–Trinajstić information content (AvgIpc) is 0.821. The van der Waals surface area contributed by atoms with E-state index >= 15 is 0 Å². The molecule has 0 amide bonds. The van der Waals surface area contributed by atoms with Crippen LogP contribution in [-0.2, 0) is 0 Å². The summed E-state index contributed by atoms with van der Waals surface area (Å²) in [5.74, 6) is 0.498. The van der Waals surface area contributed by atoms with E-state index in [1.165, 1.54) is 99.2 Å². The van der Waals surface area contributed by atoms with Crippen LogP contribution in [0.25, 0.3) is 21.9 Å². The maximum absolute atomic E-state index is 12.8. The van der Waals surface area contributed by atoms with Gasteiger partial charge in [-0.3, -0.25) is 0 Å². The van der Waals surface area contributed by atoms with Gasteiger partial charge in [0.25, 0.3) is 0 Å². The number of hydrogen-bond donors (Lipinski definition) is 0. The molecule has 0 saturated heterocycles. The summed E-state index contributed by atoms with van der Waals surface area (Å²) in [7, 11) is 1.63. The highest BCUT2D eigenvalue weighted by molar-refractivity contribution is 8.25. The smallest absolute Gasteiger partial charge is 0.123 e. The lowest BCUT2D eigenvalue weighted by molar-refractivity contribution is 0.415. The van der Waals surface area contributed by atoms with E-state index in [0.29, 0.717) is 8.39 Å². The summed E-state index contributed by atoms with van der Waals surface area (Å²) in [6.45, 7) is 2.04. The number of methoxy groups -OCH3 is 1. The van der Waals surface area contributed by atoms with Crippen LogP contribution in [0.2, 0.25) is 0 Å². The van der Waals surface area contributed by atoms with Gasteiger partial charge in [-0.1, -0.05) is 489 Å². The van der Waals surface area contributed by atoms with Crippen molar-refractivity contribution in [2.75, 3.05) is 7.11 Å². The van der Waals surface area contributed by atoms with Crippen LogP contribution in [-0.4, -0.2) is 32.3 Å². The highest BCUT2D eigenvalue weighted by Crippen LogP contribution is 2.38. The number of halogens is 1. The second kappa shape index (κ2) is 52.1. The zero-order chi connectivity index (χ0) is 86.6. The number of aryl methyl sites for hydroxylation is 1. The Balaban J connectivity index is 0.000000167. The number of benzene rings is 14. The second-order valence-corrected chi connectivity index (χ2v) is 36.6. The molecule has 598 valence electrons. The topological polar surface area (TPSA) is 152 Å². The van der Waals surface area contributed by atoms with Crippen LogP contribution in [0.1, 0.15) is 104 Å². The van der Waals surface area contributed by atoms with Crippen LogP contribution in [0.15, 0.2) is 382 Å². The van der Waals surface area contributed by atoms with Gasteiger partial charge < -0.3 is 4.74 Å². The molecule has 14 rings (SSSR count). The minimum absolute atomic E-state index is 0.251.